The summed E-state index contributed by atoms with van der Waals surface area (Å²) in [5, 5.41) is 10.8. The minimum Gasteiger partial charge on any atom is -0.388 e. The van der Waals surface area contributed by atoms with E-state index in [1.807, 2.05) is 24.3 Å². The smallest absolute Gasteiger partial charge is 0.0802 e. The van der Waals surface area contributed by atoms with Gasteiger partial charge in [0.2, 0.25) is 0 Å². The Labute approximate surface area is 115 Å². The normalized spacial score (nSPS) is 22.3. The first-order valence-electron chi connectivity index (χ1n) is 6.85. The molecule has 2 atom stereocenters. The third-order valence-electron chi connectivity index (χ3n) is 3.90. The van der Waals surface area contributed by atoms with Crippen LogP contribution in [0.2, 0.25) is 5.02 Å². The standard InChI is InChI=1S/C15H22ClNO/c1-2-12-6-8-17(11-12)9-7-15(18)13-4-3-5-14(16)10-13/h3-5,10,12,15,18H,2,6-9,11H2,1H3. The van der Waals surface area contributed by atoms with E-state index in [-0.39, 0.29) is 0 Å². The van der Waals surface area contributed by atoms with Gasteiger partial charge in [-0.1, -0.05) is 37.1 Å². The van der Waals surface area contributed by atoms with Gasteiger partial charge in [0.25, 0.3) is 0 Å². The molecule has 1 aromatic rings. The zero-order chi connectivity index (χ0) is 13.0. The number of hydrogen-bond acceptors (Lipinski definition) is 2. The van der Waals surface area contributed by atoms with E-state index in [0.29, 0.717) is 5.02 Å². The minimum absolute atomic E-state index is 0.399. The van der Waals surface area contributed by atoms with Crippen molar-refractivity contribution < 1.29 is 5.11 Å². The predicted molar refractivity (Wildman–Crippen MR) is 75.9 cm³/mol. The molecule has 2 rings (SSSR count). The Morgan fingerprint density at radius 2 is 2.33 bits per heavy atom. The van der Waals surface area contributed by atoms with Gasteiger partial charge in [-0.05, 0) is 43.0 Å². The van der Waals surface area contributed by atoms with E-state index in [2.05, 4.69) is 11.8 Å². The zero-order valence-corrected chi connectivity index (χ0v) is 11.7. The van der Waals surface area contributed by atoms with Gasteiger partial charge in [-0.15, -0.1) is 0 Å². The molecule has 3 heteroatoms. The fourth-order valence-corrected chi connectivity index (χ4v) is 2.83. The molecule has 1 aromatic carbocycles. The Bertz CT molecular complexity index is 383. The maximum absolute atomic E-state index is 10.1. The van der Waals surface area contributed by atoms with Crippen LogP contribution in [-0.2, 0) is 0 Å². The van der Waals surface area contributed by atoms with Crippen LogP contribution in [0.3, 0.4) is 0 Å². The summed E-state index contributed by atoms with van der Waals surface area (Å²) in [6.07, 6.45) is 2.97. The summed E-state index contributed by atoms with van der Waals surface area (Å²) in [5.74, 6) is 0.855. The maximum Gasteiger partial charge on any atom is 0.0802 e. The van der Waals surface area contributed by atoms with Crippen molar-refractivity contribution >= 4 is 11.6 Å². The first-order valence-corrected chi connectivity index (χ1v) is 7.22. The molecule has 0 aromatic heterocycles. The fraction of sp³-hybridized carbons (Fsp3) is 0.600. The molecule has 1 heterocycles. The van der Waals surface area contributed by atoms with Gasteiger partial charge in [-0.2, -0.15) is 0 Å². The zero-order valence-electron chi connectivity index (χ0n) is 11.0. The molecule has 1 saturated heterocycles. The summed E-state index contributed by atoms with van der Waals surface area (Å²) in [7, 11) is 0. The molecule has 0 saturated carbocycles. The molecule has 0 bridgehead atoms. The van der Waals surface area contributed by atoms with E-state index in [1.54, 1.807) is 0 Å². The Balaban J connectivity index is 1.80. The van der Waals surface area contributed by atoms with Crippen LogP contribution in [0.5, 0.6) is 0 Å². The van der Waals surface area contributed by atoms with E-state index >= 15 is 0 Å². The van der Waals surface area contributed by atoms with Crippen LogP contribution in [0.15, 0.2) is 24.3 Å². The van der Waals surface area contributed by atoms with Crippen molar-refractivity contribution in [1.82, 2.24) is 4.90 Å². The number of likely N-dealkylation sites (tertiary alicyclic amines) is 1. The van der Waals surface area contributed by atoms with Crippen LogP contribution in [0.4, 0.5) is 0 Å². The van der Waals surface area contributed by atoms with E-state index < -0.39 is 6.10 Å². The summed E-state index contributed by atoms with van der Waals surface area (Å²) in [5.41, 5.74) is 0.925. The van der Waals surface area contributed by atoms with Gasteiger partial charge in [0, 0.05) is 18.1 Å². The SMILES string of the molecule is CCC1CCN(CCC(O)c2cccc(Cl)c2)C1. The number of hydrogen-bond donors (Lipinski definition) is 1. The highest BCUT2D eigenvalue weighted by Crippen LogP contribution is 2.23. The summed E-state index contributed by atoms with van der Waals surface area (Å²) in [6.45, 7) is 5.61. The predicted octanol–water partition coefficient (Wildman–Crippen LogP) is 3.50. The first-order chi connectivity index (χ1) is 8.69. The van der Waals surface area contributed by atoms with Gasteiger partial charge in [-0.25, -0.2) is 0 Å². The van der Waals surface area contributed by atoms with Gasteiger partial charge < -0.3 is 10.0 Å². The molecule has 0 amide bonds. The summed E-state index contributed by atoms with van der Waals surface area (Å²) >= 11 is 5.93. The molecule has 2 unspecified atom stereocenters. The van der Waals surface area contributed by atoms with Gasteiger partial charge in [0.1, 0.15) is 0 Å². The van der Waals surface area contributed by atoms with Gasteiger partial charge in [-0.3, -0.25) is 0 Å². The van der Waals surface area contributed by atoms with Crippen LogP contribution in [-0.4, -0.2) is 29.6 Å². The third-order valence-corrected chi connectivity index (χ3v) is 4.13. The van der Waals surface area contributed by atoms with Crippen molar-refractivity contribution in [1.29, 1.82) is 0 Å². The average Bonchev–Trinajstić information content (AvgIpc) is 2.84. The van der Waals surface area contributed by atoms with Gasteiger partial charge in [0.05, 0.1) is 6.10 Å². The van der Waals surface area contributed by atoms with Gasteiger partial charge >= 0.3 is 0 Å². The number of aliphatic hydroxyl groups is 1. The van der Waals surface area contributed by atoms with Crippen LogP contribution >= 0.6 is 11.6 Å². The van der Waals surface area contributed by atoms with Crippen LogP contribution in [0.1, 0.15) is 37.9 Å². The highest BCUT2D eigenvalue weighted by Gasteiger charge is 2.21. The minimum atomic E-state index is -0.399. The molecular weight excluding hydrogens is 246 g/mol. The Hall–Kier alpha value is -0.570. The van der Waals surface area contributed by atoms with Crippen molar-refractivity contribution in [3.63, 3.8) is 0 Å². The second-order valence-electron chi connectivity index (χ2n) is 5.22. The van der Waals surface area contributed by atoms with E-state index in [9.17, 15) is 5.11 Å². The number of benzene rings is 1. The largest absolute Gasteiger partial charge is 0.388 e. The maximum atomic E-state index is 10.1. The molecule has 18 heavy (non-hydrogen) atoms. The topological polar surface area (TPSA) is 23.5 Å². The first kappa shape index (κ1) is 13.9. The highest BCUT2D eigenvalue weighted by atomic mass is 35.5. The lowest BCUT2D eigenvalue weighted by atomic mass is 10.1. The molecule has 1 N–H and O–H groups in total. The molecular formula is C15H22ClNO. The van der Waals surface area contributed by atoms with Crippen LogP contribution in [0, 0.1) is 5.92 Å². The van der Waals surface area contributed by atoms with E-state index in [1.165, 1.54) is 25.9 Å². The summed E-state index contributed by atoms with van der Waals surface area (Å²) in [6, 6.07) is 7.52. The number of rotatable bonds is 5. The quantitative estimate of drug-likeness (QED) is 0.883. The van der Waals surface area contributed by atoms with Gasteiger partial charge in [0.15, 0.2) is 0 Å². The molecule has 1 fully saturated rings. The van der Waals surface area contributed by atoms with Crippen LogP contribution < -0.4 is 0 Å². The second kappa shape index (κ2) is 6.55. The van der Waals surface area contributed by atoms with Crippen molar-refractivity contribution in [2.24, 2.45) is 5.92 Å². The Morgan fingerprint density at radius 1 is 1.50 bits per heavy atom. The number of halogens is 1. The Kier molecular flexibility index (Phi) is 5.04. The lowest BCUT2D eigenvalue weighted by molar-refractivity contribution is 0.148. The van der Waals surface area contributed by atoms with Crippen LogP contribution in [0.25, 0.3) is 0 Å². The summed E-state index contributed by atoms with van der Waals surface area (Å²) in [4.78, 5) is 2.46. The lowest BCUT2D eigenvalue weighted by Gasteiger charge is -2.18. The molecule has 0 aliphatic carbocycles. The molecule has 0 spiro atoms. The van der Waals surface area contributed by atoms with Crippen molar-refractivity contribution in [2.45, 2.75) is 32.3 Å². The molecule has 1 aliphatic heterocycles. The molecule has 1 aliphatic rings. The Morgan fingerprint density at radius 3 is 3.00 bits per heavy atom. The summed E-state index contributed by atoms with van der Waals surface area (Å²) < 4.78 is 0. The monoisotopic (exact) mass is 267 g/mol. The molecule has 0 radical (unpaired) electrons. The molecule has 2 nitrogen and oxygen atoms in total. The third kappa shape index (κ3) is 3.71. The van der Waals surface area contributed by atoms with Crippen molar-refractivity contribution in [3.05, 3.63) is 34.9 Å². The van der Waals surface area contributed by atoms with Crippen molar-refractivity contribution in [2.75, 3.05) is 19.6 Å². The molecule has 100 valence electrons. The fourth-order valence-electron chi connectivity index (χ4n) is 2.63. The second-order valence-corrected chi connectivity index (χ2v) is 5.66. The lowest BCUT2D eigenvalue weighted by Crippen LogP contribution is -2.23. The average molecular weight is 268 g/mol. The van der Waals surface area contributed by atoms with E-state index in [0.717, 1.165) is 24.4 Å². The van der Waals surface area contributed by atoms with Crippen molar-refractivity contribution in [3.8, 4) is 0 Å². The van der Waals surface area contributed by atoms with E-state index in [4.69, 9.17) is 11.6 Å². The number of nitrogens with zero attached hydrogens (tertiary/aromatic N) is 1. The number of aliphatic hydroxyl groups excluding tert-OH is 1. The highest BCUT2D eigenvalue weighted by molar-refractivity contribution is 6.30.